The van der Waals surface area contributed by atoms with Crippen LogP contribution in [0.5, 0.6) is 0 Å². The zero-order valence-corrected chi connectivity index (χ0v) is 17.2. The van der Waals surface area contributed by atoms with E-state index in [1.807, 2.05) is 54.6 Å². The first-order chi connectivity index (χ1) is 12.7. The highest BCUT2D eigenvalue weighted by Crippen LogP contribution is 2.28. The summed E-state index contributed by atoms with van der Waals surface area (Å²) in [6.45, 7) is 0. The Morgan fingerprint density at radius 2 is 2.00 bits per heavy atom. The zero-order chi connectivity index (χ0) is 17.9. The van der Waals surface area contributed by atoms with E-state index in [2.05, 4.69) is 31.2 Å². The smallest absolute Gasteiger partial charge is 0.237 e. The summed E-state index contributed by atoms with van der Waals surface area (Å²) in [6.07, 6.45) is 0. The summed E-state index contributed by atoms with van der Waals surface area (Å²) in [5, 5.41) is 8.62. The van der Waals surface area contributed by atoms with Gasteiger partial charge in [0.2, 0.25) is 11.7 Å². The standard InChI is InChI=1S/C17H11BrN4OS3/c18-12-6-4-5-11(9-12)15-19-14(23-21-15)10-25-16-20-22(17(24)26-16)13-7-2-1-3-8-13/h1-9H,10H2. The molecule has 4 aromatic rings. The predicted octanol–water partition coefficient (Wildman–Crippen LogP) is 5.77. The van der Waals surface area contributed by atoms with Crippen LogP contribution in [0.15, 0.2) is 67.9 Å². The number of benzene rings is 2. The molecular formula is C17H11BrN4OS3. The van der Waals surface area contributed by atoms with Crippen molar-refractivity contribution in [2.45, 2.75) is 10.1 Å². The van der Waals surface area contributed by atoms with E-state index < -0.39 is 0 Å². The maximum absolute atomic E-state index is 5.42. The van der Waals surface area contributed by atoms with E-state index in [4.69, 9.17) is 16.7 Å². The topological polar surface area (TPSA) is 56.7 Å². The van der Waals surface area contributed by atoms with Crippen LogP contribution >= 0.6 is 51.2 Å². The second kappa shape index (κ2) is 7.83. The Morgan fingerprint density at radius 1 is 1.15 bits per heavy atom. The Labute approximate surface area is 171 Å². The molecule has 0 N–H and O–H groups in total. The van der Waals surface area contributed by atoms with Crippen LogP contribution in [0.3, 0.4) is 0 Å². The second-order valence-corrected chi connectivity index (χ2v) is 8.95. The predicted molar refractivity (Wildman–Crippen MR) is 109 cm³/mol. The van der Waals surface area contributed by atoms with E-state index in [1.165, 1.54) is 23.1 Å². The molecule has 4 rings (SSSR count). The van der Waals surface area contributed by atoms with E-state index >= 15 is 0 Å². The van der Waals surface area contributed by atoms with Gasteiger partial charge in [0.05, 0.1) is 11.4 Å². The van der Waals surface area contributed by atoms with Crippen molar-refractivity contribution in [1.29, 1.82) is 0 Å². The van der Waals surface area contributed by atoms with Crippen molar-refractivity contribution >= 4 is 51.2 Å². The maximum atomic E-state index is 5.42. The Morgan fingerprint density at radius 3 is 2.81 bits per heavy atom. The first-order valence-corrected chi connectivity index (χ1v) is 10.6. The third kappa shape index (κ3) is 3.96. The molecule has 0 atom stereocenters. The quantitative estimate of drug-likeness (QED) is 0.277. The number of halogens is 1. The van der Waals surface area contributed by atoms with Crippen molar-refractivity contribution in [1.82, 2.24) is 19.9 Å². The van der Waals surface area contributed by atoms with Gasteiger partial charge in [0.25, 0.3) is 0 Å². The average Bonchev–Trinajstić information content (AvgIpc) is 3.27. The van der Waals surface area contributed by atoms with Gasteiger partial charge in [0.15, 0.2) is 8.29 Å². The molecule has 0 saturated heterocycles. The van der Waals surface area contributed by atoms with Crippen molar-refractivity contribution in [3.63, 3.8) is 0 Å². The molecule has 2 heterocycles. The summed E-state index contributed by atoms with van der Waals surface area (Å²) in [7, 11) is 0. The normalized spacial score (nSPS) is 11.0. The highest BCUT2D eigenvalue weighted by molar-refractivity contribution is 9.10. The highest BCUT2D eigenvalue weighted by Gasteiger charge is 2.12. The molecule has 26 heavy (non-hydrogen) atoms. The molecule has 0 radical (unpaired) electrons. The lowest BCUT2D eigenvalue weighted by molar-refractivity contribution is 0.391. The molecule has 0 bridgehead atoms. The number of rotatable bonds is 5. The van der Waals surface area contributed by atoms with Gasteiger partial charge in [0, 0.05) is 10.0 Å². The van der Waals surface area contributed by atoms with Gasteiger partial charge < -0.3 is 4.52 Å². The molecular weight excluding hydrogens is 452 g/mol. The number of thioether (sulfide) groups is 1. The summed E-state index contributed by atoms with van der Waals surface area (Å²) < 4.78 is 9.66. The SMILES string of the molecule is S=c1sc(SCc2nc(-c3cccc(Br)c3)no2)nn1-c1ccccc1. The molecule has 0 amide bonds. The third-order valence-electron chi connectivity index (χ3n) is 3.40. The monoisotopic (exact) mass is 462 g/mol. The molecule has 2 aromatic heterocycles. The summed E-state index contributed by atoms with van der Waals surface area (Å²) in [6, 6.07) is 17.6. The molecule has 0 aliphatic rings. The molecule has 2 aromatic carbocycles. The lowest BCUT2D eigenvalue weighted by Crippen LogP contribution is -1.95. The number of aromatic nitrogens is 4. The lowest BCUT2D eigenvalue weighted by atomic mass is 10.2. The Balaban J connectivity index is 1.48. The van der Waals surface area contributed by atoms with Crippen LogP contribution in [0.1, 0.15) is 5.89 Å². The van der Waals surface area contributed by atoms with Gasteiger partial charge in [-0.05, 0) is 36.5 Å². The largest absolute Gasteiger partial charge is 0.338 e. The Bertz CT molecular complexity index is 1090. The second-order valence-electron chi connectivity index (χ2n) is 5.19. The number of nitrogens with zero attached hydrogens (tertiary/aromatic N) is 4. The van der Waals surface area contributed by atoms with Crippen LogP contribution < -0.4 is 0 Å². The first-order valence-electron chi connectivity index (χ1n) is 7.56. The highest BCUT2D eigenvalue weighted by atomic mass is 79.9. The first kappa shape index (κ1) is 17.6. The fourth-order valence-corrected chi connectivity index (χ4v) is 4.83. The maximum Gasteiger partial charge on any atom is 0.237 e. The van der Waals surface area contributed by atoms with Gasteiger partial charge in [-0.1, -0.05) is 74.5 Å². The van der Waals surface area contributed by atoms with Crippen LogP contribution in [-0.2, 0) is 5.75 Å². The van der Waals surface area contributed by atoms with Crippen molar-refractivity contribution in [2.75, 3.05) is 0 Å². The van der Waals surface area contributed by atoms with Gasteiger partial charge in [-0.3, -0.25) is 0 Å². The molecule has 9 heteroatoms. The van der Waals surface area contributed by atoms with Crippen LogP contribution in [-0.4, -0.2) is 19.9 Å². The molecule has 0 aliphatic carbocycles. The van der Waals surface area contributed by atoms with E-state index in [9.17, 15) is 0 Å². The van der Waals surface area contributed by atoms with Crippen molar-refractivity contribution in [3.8, 4) is 17.1 Å². The minimum atomic E-state index is 0.540. The lowest BCUT2D eigenvalue weighted by Gasteiger charge is -1.98. The molecule has 0 saturated carbocycles. The van der Waals surface area contributed by atoms with Crippen LogP contribution in [0.4, 0.5) is 0 Å². The third-order valence-corrected chi connectivity index (χ3v) is 6.24. The average molecular weight is 463 g/mol. The van der Waals surface area contributed by atoms with Crippen LogP contribution in [0.2, 0.25) is 0 Å². The molecule has 130 valence electrons. The summed E-state index contributed by atoms with van der Waals surface area (Å²) >= 11 is 11.9. The fourth-order valence-electron chi connectivity index (χ4n) is 2.23. The van der Waals surface area contributed by atoms with E-state index in [-0.39, 0.29) is 0 Å². The van der Waals surface area contributed by atoms with Crippen LogP contribution in [0.25, 0.3) is 17.1 Å². The molecule has 0 unspecified atom stereocenters. The van der Waals surface area contributed by atoms with Gasteiger partial charge >= 0.3 is 0 Å². The van der Waals surface area contributed by atoms with E-state index in [1.54, 1.807) is 4.68 Å². The minimum absolute atomic E-state index is 0.540. The number of hydrogen-bond donors (Lipinski definition) is 0. The van der Waals surface area contributed by atoms with E-state index in [0.29, 0.717) is 21.4 Å². The van der Waals surface area contributed by atoms with Crippen molar-refractivity contribution in [2.24, 2.45) is 0 Å². The van der Waals surface area contributed by atoms with Crippen LogP contribution in [0, 0.1) is 3.95 Å². The molecule has 5 nitrogen and oxygen atoms in total. The Kier molecular flexibility index (Phi) is 5.30. The number of para-hydroxylation sites is 1. The zero-order valence-electron chi connectivity index (χ0n) is 13.2. The van der Waals surface area contributed by atoms with E-state index in [0.717, 1.165) is 20.1 Å². The Hall–Kier alpha value is -1.81. The summed E-state index contributed by atoms with van der Waals surface area (Å²) in [5.74, 6) is 1.67. The summed E-state index contributed by atoms with van der Waals surface area (Å²) in [4.78, 5) is 4.45. The summed E-state index contributed by atoms with van der Waals surface area (Å²) in [5.41, 5.74) is 1.86. The fraction of sp³-hybridized carbons (Fsp3) is 0.0588. The van der Waals surface area contributed by atoms with Gasteiger partial charge in [0.1, 0.15) is 0 Å². The van der Waals surface area contributed by atoms with Gasteiger partial charge in [-0.15, -0.1) is 5.10 Å². The molecule has 0 fully saturated rings. The molecule has 0 aliphatic heterocycles. The van der Waals surface area contributed by atoms with Gasteiger partial charge in [-0.25, -0.2) is 4.68 Å². The van der Waals surface area contributed by atoms with Gasteiger partial charge in [-0.2, -0.15) is 4.98 Å². The molecule has 0 spiro atoms. The number of hydrogen-bond acceptors (Lipinski definition) is 7. The minimum Gasteiger partial charge on any atom is -0.338 e. The van der Waals surface area contributed by atoms with Crippen molar-refractivity contribution in [3.05, 3.63) is 68.9 Å². The van der Waals surface area contributed by atoms with Crippen molar-refractivity contribution < 1.29 is 4.52 Å².